The third-order valence-corrected chi connectivity index (χ3v) is 1.06. The van der Waals surface area contributed by atoms with Gasteiger partial charge in [-0.3, -0.25) is 4.79 Å². The number of phenols is 1. The van der Waals surface area contributed by atoms with Crippen molar-refractivity contribution in [2.45, 2.75) is 0 Å². The zero-order chi connectivity index (χ0) is 6.69. The Hall–Kier alpha value is -0.791. The fourth-order valence-electron chi connectivity index (χ4n) is 0.587. The second-order valence-electron chi connectivity index (χ2n) is 1.68. The number of carbonyl (C=O) groups excluding carboxylic acids is 1. The summed E-state index contributed by atoms with van der Waals surface area (Å²) in [6.45, 7) is 0. The molecule has 1 aromatic rings. The third-order valence-electron chi connectivity index (χ3n) is 1.06. The summed E-state index contributed by atoms with van der Waals surface area (Å²) in [6.07, 6.45) is 0.620. The largest absolute Gasteiger partial charge is 0.507 e. The molecular formula is C7H6MnO2. The molecule has 0 fully saturated rings. The van der Waals surface area contributed by atoms with Crippen molar-refractivity contribution in [3.05, 3.63) is 29.8 Å². The molecule has 0 atom stereocenters. The second kappa shape index (κ2) is 4.09. The van der Waals surface area contributed by atoms with Crippen molar-refractivity contribution in [3.8, 4) is 5.75 Å². The molecular weight excluding hydrogens is 171 g/mol. The van der Waals surface area contributed by atoms with E-state index in [1.165, 1.54) is 6.07 Å². The van der Waals surface area contributed by atoms with Crippen LogP contribution in [0.25, 0.3) is 0 Å². The van der Waals surface area contributed by atoms with E-state index in [9.17, 15) is 4.79 Å². The minimum atomic E-state index is 0. The molecule has 0 bridgehead atoms. The summed E-state index contributed by atoms with van der Waals surface area (Å²) in [7, 11) is 0. The summed E-state index contributed by atoms with van der Waals surface area (Å²) >= 11 is 0. The Labute approximate surface area is 69.3 Å². The summed E-state index contributed by atoms with van der Waals surface area (Å²) in [5.41, 5.74) is 0.331. The van der Waals surface area contributed by atoms with E-state index >= 15 is 0 Å². The zero-order valence-electron chi connectivity index (χ0n) is 5.12. The van der Waals surface area contributed by atoms with Crippen molar-refractivity contribution in [1.82, 2.24) is 0 Å². The molecule has 2 nitrogen and oxygen atoms in total. The maximum atomic E-state index is 10.1. The van der Waals surface area contributed by atoms with Crippen LogP contribution < -0.4 is 0 Å². The Morgan fingerprint density at radius 2 is 1.90 bits per heavy atom. The van der Waals surface area contributed by atoms with Gasteiger partial charge < -0.3 is 5.11 Å². The maximum Gasteiger partial charge on any atom is 0.153 e. The van der Waals surface area contributed by atoms with Crippen molar-refractivity contribution in [3.63, 3.8) is 0 Å². The number of rotatable bonds is 1. The van der Waals surface area contributed by atoms with Gasteiger partial charge >= 0.3 is 0 Å². The fourth-order valence-corrected chi connectivity index (χ4v) is 0.587. The predicted octanol–water partition coefficient (Wildman–Crippen LogP) is 1.20. The molecule has 0 saturated heterocycles. The molecule has 0 aliphatic carbocycles. The van der Waals surface area contributed by atoms with E-state index in [1.54, 1.807) is 18.2 Å². The SMILES string of the molecule is O=Cc1ccccc1O.[Mn]. The van der Waals surface area contributed by atoms with Gasteiger partial charge in [0, 0.05) is 17.1 Å². The average molecular weight is 177 g/mol. The Kier molecular flexibility index (Phi) is 3.77. The standard InChI is InChI=1S/C7H6O2.Mn/c8-5-6-3-1-2-4-7(6)9;/h1-5,9H;. The monoisotopic (exact) mass is 177 g/mol. The molecule has 1 radical (unpaired) electrons. The van der Waals surface area contributed by atoms with Gasteiger partial charge in [0.1, 0.15) is 5.75 Å². The van der Waals surface area contributed by atoms with Crippen LogP contribution in [0.4, 0.5) is 0 Å². The van der Waals surface area contributed by atoms with Crippen LogP contribution in [-0.4, -0.2) is 11.4 Å². The van der Waals surface area contributed by atoms with Crippen molar-refractivity contribution in [2.24, 2.45) is 0 Å². The first-order valence-corrected chi connectivity index (χ1v) is 2.58. The van der Waals surface area contributed by atoms with Gasteiger partial charge in [-0.1, -0.05) is 12.1 Å². The van der Waals surface area contributed by atoms with Crippen LogP contribution in [-0.2, 0) is 17.1 Å². The number of aromatic hydroxyl groups is 1. The first kappa shape index (κ1) is 9.21. The number of para-hydroxylation sites is 1. The van der Waals surface area contributed by atoms with Crippen LogP contribution in [0, 0.1) is 0 Å². The number of aldehydes is 1. The summed E-state index contributed by atoms with van der Waals surface area (Å²) < 4.78 is 0. The molecule has 3 heteroatoms. The van der Waals surface area contributed by atoms with E-state index in [0.29, 0.717) is 11.8 Å². The third kappa shape index (κ3) is 1.86. The van der Waals surface area contributed by atoms with Crippen LogP contribution in [0.15, 0.2) is 24.3 Å². The smallest absolute Gasteiger partial charge is 0.153 e. The molecule has 0 aliphatic rings. The van der Waals surface area contributed by atoms with E-state index in [1.807, 2.05) is 0 Å². The average Bonchev–Trinajstić information content (AvgIpc) is 1.89. The van der Waals surface area contributed by atoms with Crippen molar-refractivity contribution in [2.75, 3.05) is 0 Å². The molecule has 0 spiro atoms. The molecule has 1 aromatic carbocycles. The topological polar surface area (TPSA) is 37.3 Å². The van der Waals surface area contributed by atoms with Gasteiger partial charge in [0.25, 0.3) is 0 Å². The molecule has 53 valence electrons. The first-order valence-electron chi connectivity index (χ1n) is 2.58. The van der Waals surface area contributed by atoms with Crippen LogP contribution >= 0.6 is 0 Å². The summed E-state index contributed by atoms with van der Waals surface area (Å²) in [6, 6.07) is 6.40. The van der Waals surface area contributed by atoms with Crippen LogP contribution in [0.3, 0.4) is 0 Å². The molecule has 1 N–H and O–H groups in total. The first-order chi connectivity index (χ1) is 4.34. The fraction of sp³-hybridized carbons (Fsp3) is 0. The number of benzene rings is 1. The van der Waals surface area contributed by atoms with Gasteiger partial charge in [0.05, 0.1) is 5.56 Å². The molecule has 10 heavy (non-hydrogen) atoms. The number of phenolic OH excluding ortho intramolecular Hbond substituents is 1. The zero-order valence-corrected chi connectivity index (χ0v) is 6.30. The Morgan fingerprint density at radius 1 is 1.30 bits per heavy atom. The summed E-state index contributed by atoms with van der Waals surface area (Å²) in [5.74, 6) is 0.0347. The minimum Gasteiger partial charge on any atom is -0.507 e. The van der Waals surface area contributed by atoms with Gasteiger partial charge in [0.2, 0.25) is 0 Å². The molecule has 0 heterocycles. The Balaban J connectivity index is 0.000000810. The summed E-state index contributed by atoms with van der Waals surface area (Å²) in [4.78, 5) is 10.1. The van der Waals surface area contributed by atoms with Crippen molar-refractivity contribution >= 4 is 6.29 Å². The van der Waals surface area contributed by atoms with Crippen molar-refractivity contribution in [1.29, 1.82) is 0 Å². The van der Waals surface area contributed by atoms with Gasteiger partial charge in [-0.05, 0) is 12.1 Å². The maximum absolute atomic E-state index is 10.1. The number of carbonyl (C=O) groups is 1. The van der Waals surface area contributed by atoms with E-state index in [2.05, 4.69) is 0 Å². The van der Waals surface area contributed by atoms with E-state index < -0.39 is 0 Å². The van der Waals surface area contributed by atoms with E-state index in [0.717, 1.165) is 0 Å². The Morgan fingerprint density at radius 3 is 2.30 bits per heavy atom. The molecule has 0 aromatic heterocycles. The molecule has 0 saturated carbocycles. The van der Waals surface area contributed by atoms with Gasteiger partial charge in [-0.15, -0.1) is 0 Å². The van der Waals surface area contributed by atoms with E-state index in [-0.39, 0.29) is 22.8 Å². The van der Waals surface area contributed by atoms with Crippen LogP contribution in [0.2, 0.25) is 0 Å². The number of hydrogen-bond acceptors (Lipinski definition) is 2. The minimum absolute atomic E-state index is 0. The quantitative estimate of drug-likeness (QED) is 0.517. The number of hydrogen-bond donors (Lipinski definition) is 1. The second-order valence-corrected chi connectivity index (χ2v) is 1.68. The van der Waals surface area contributed by atoms with Gasteiger partial charge in [-0.2, -0.15) is 0 Å². The van der Waals surface area contributed by atoms with E-state index in [4.69, 9.17) is 5.11 Å². The summed E-state index contributed by atoms with van der Waals surface area (Å²) in [5, 5.41) is 8.88. The Bertz CT molecular complexity index is 223. The molecule has 0 aliphatic heterocycles. The predicted molar refractivity (Wildman–Crippen MR) is 33.5 cm³/mol. The van der Waals surface area contributed by atoms with Crippen molar-refractivity contribution < 1.29 is 27.0 Å². The van der Waals surface area contributed by atoms with Crippen LogP contribution in [0.5, 0.6) is 5.75 Å². The van der Waals surface area contributed by atoms with Gasteiger partial charge in [0.15, 0.2) is 6.29 Å². The normalized spacial score (nSPS) is 8.00. The molecule has 0 unspecified atom stereocenters. The van der Waals surface area contributed by atoms with Crippen LogP contribution in [0.1, 0.15) is 10.4 Å². The molecule has 1 rings (SSSR count). The van der Waals surface area contributed by atoms with Gasteiger partial charge in [-0.25, -0.2) is 0 Å². The molecule has 0 amide bonds.